The van der Waals surface area contributed by atoms with Crippen LogP contribution in [0.1, 0.15) is 0 Å². The molecule has 0 amide bonds. The number of fused-ring (bicyclic) bond motifs is 2. The molecule has 2 heteroatoms. The molecule has 0 aliphatic carbocycles. The lowest BCUT2D eigenvalue weighted by molar-refractivity contribution is 1.13. The van der Waals surface area contributed by atoms with Crippen molar-refractivity contribution < 1.29 is 0 Å². The summed E-state index contributed by atoms with van der Waals surface area (Å²) in [5.41, 5.74) is 12.0. The van der Waals surface area contributed by atoms with Crippen molar-refractivity contribution >= 4 is 21.8 Å². The van der Waals surface area contributed by atoms with Crippen molar-refractivity contribution in [2.45, 2.75) is 0 Å². The van der Waals surface area contributed by atoms with Crippen molar-refractivity contribution in [1.29, 1.82) is 0 Å². The van der Waals surface area contributed by atoms with Crippen LogP contribution in [0.25, 0.3) is 66.6 Å². The number of para-hydroxylation sites is 2. The number of hydrogen-bond acceptors (Lipinski definition) is 0. The first-order chi connectivity index (χ1) is 20.8. The zero-order chi connectivity index (χ0) is 27.9. The highest BCUT2D eigenvalue weighted by atomic mass is 15.0. The van der Waals surface area contributed by atoms with Gasteiger partial charge in [-0.05, 0) is 111 Å². The van der Waals surface area contributed by atoms with Gasteiger partial charge < -0.3 is 9.13 Å². The van der Waals surface area contributed by atoms with Crippen LogP contribution in [-0.2, 0) is 0 Å². The largest absolute Gasteiger partial charge is 0.317 e. The molecule has 6 aromatic carbocycles. The van der Waals surface area contributed by atoms with Crippen LogP contribution in [0.15, 0.2) is 170 Å². The fourth-order valence-electron chi connectivity index (χ4n) is 6.00. The highest BCUT2D eigenvalue weighted by Gasteiger charge is 2.10. The molecule has 0 aliphatic heterocycles. The molecule has 0 saturated carbocycles. The van der Waals surface area contributed by atoms with Crippen molar-refractivity contribution in [3.05, 3.63) is 170 Å². The van der Waals surface area contributed by atoms with Gasteiger partial charge in [-0.25, -0.2) is 0 Å². The Morgan fingerprint density at radius 2 is 0.667 bits per heavy atom. The van der Waals surface area contributed by atoms with Gasteiger partial charge in [-0.2, -0.15) is 0 Å². The van der Waals surface area contributed by atoms with E-state index in [1.807, 2.05) is 0 Å². The maximum absolute atomic E-state index is 2.31. The monoisotopic (exact) mass is 536 g/mol. The van der Waals surface area contributed by atoms with E-state index in [2.05, 4.69) is 179 Å². The Kier molecular flexibility index (Phi) is 5.82. The van der Waals surface area contributed by atoms with Crippen LogP contribution < -0.4 is 0 Å². The van der Waals surface area contributed by atoms with Gasteiger partial charge in [-0.1, -0.05) is 91.0 Å². The zero-order valence-corrected chi connectivity index (χ0v) is 23.1. The minimum Gasteiger partial charge on any atom is -0.317 e. The molecule has 2 aromatic heterocycles. The van der Waals surface area contributed by atoms with Crippen LogP contribution in [0.2, 0.25) is 0 Å². The quantitative estimate of drug-likeness (QED) is 0.207. The topological polar surface area (TPSA) is 9.86 Å². The van der Waals surface area contributed by atoms with Crippen LogP contribution >= 0.6 is 0 Å². The molecule has 0 fully saturated rings. The van der Waals surface area contributed by atoms with Crippen LogP contribution in [0.3, 0.4) is 0 Å². The van der Waals surface area contributed by atoms with Gasteiger partial charge in [0, 0.05) is 23.8 Å². The van der Waals surface area contributed by atoms with Crippen LogP contribution in [-0.4, -0.2) is 9.13 Å². The van der Waals surface area contributed by atoms with E-state index in [0.29, 0.717) is 0 Å². The van der Waals surface area contributed by atoms with Crippen LogP contribution in [0.5, 0.6) is 0 Å². The van der Waals surface area contributed by atoms with E-state index in [9.17, 15) is 0 Å². The maximum atomic E-state index is 2.31. The average molecular weight is 537 g/mol. The van der Waals surface area contributed by atoms with Gasteiger partial charge in [-0.15, -0.1) is 0 Å². The van der Waals surface area contributed by atoms with Gasteiger partial charge >= 0.3 is 0 Å². The molecule has 42 heavy (non-hydrogen) atoms. The smallest absolute Gasteiger partial charge is 0.0528 e. The molecule has 198 valence electrons. The van der Waals surface area contributed by atoms with Gasteiger partial charge in [0.1, 0.15) is 0 Å². The van der Waals surface area contributed by atoms with E-state index >= 15 is 0 Å². The first-order valence-corrected chi connectivity index (χ1v) is 14.3. The normalized spacial score (nSPS) is 11.3. The van der Waals surface area contributed by atoms with Crippen LogP contribution in [0, 0.1) is 0 Å². The van der Waals surface area contributed by atoms with Gasteiger partial charge in [0.05, 0.1) is 11.0 Å². The molecule has 0 radical (unpaired) electrons. The third-order valence-corrected chi connectivity index (χ3v) is 8.20. The number of rotatable bonds is 5. The minimum atomic E-state index is 1.16. The van der Waals surface area contributed by atoms with E-state index in [1.165, 1.54) is 55.2 Å². The third kappa shape index (κ3) is 4.31. The SMILES string of the molecule is c1ccc(-c2cc(-c3ccc(-n4ccc5ccccc54)cc3)cc(-c3ccc(-n4ccc5ccccc54)cc3)c2)cc1. The summed E-state index contributed by atoms with van der Waals surface area (Å²) < 4.78 is 4.50. The minimum absolute atomic E-state index is 1.16. The number of aromatic nitrogens is 2. The summed E-state index contributed by atoms with van der Waals surface area (Å²) in [4.78, 5) is 0. The summed E-state index contributed by atoms with van der Waals surface area (Å²) >= 11 is 0. The summed E-state index contributed by atoms with van der Waals surface area (Å²) in [6.45, 7) is 0. The van der Waals surface area contributed by atoms with Gasteiger partial charge in [0.15, 0.2) is 0 Å². The van der Waals surface area contributed by atoms with Crippen molar-refractivity contribution in [2.24, 2.45) is 0 Å². The number of hydrogen-bond donors (Lipinski definition) is 0. The predicted molar refractivity (Wildman–Crippen MR) is 176 cm³/mol. The van der Waals surface area contributed by atoms with E-state index in [1.54, 1.807) is 0 Å². The molecule has 0 N–H and O–H groups in total. The second-order valence-electron chi connectivity index (χ2n) is 10.7. The second-order valence-corrected chi connectivity index (χ2v) is 10.7. The molecule has 0 aliphatic rings. The van der Waals surface area contributed by atoms with E-state index < -0.39 is 0 Å². The molecule has 8 aromatic rings. The fraction of sp³-hybridized carbons (Fsp3) is 0. The molecular formula is C40H28N2. The summed E-state index contributed by atoms with van der Waals surface area (Å²) in [5, 5.41) is 2.50. The standard InChI is InChI=1S/C40H28N2/c1-2-8-29(9-3-1)34-26-35(30-14-18-37(19-15-30)41-24-22-32-10-4-6-12-39(32)41)28-36(27-34)31-16-20-38(21-17-31)42-25-23-33-11-5-7-13-40(33)42/h1-28H. The molecule has 2 nitrogen and oxygen atoms in total. The lowest BCUT2D eigenvalue weighted by Crippen LogP contribution is -1.92. The Morgan fingerprint density at radius 3 is 1.12 bits per heavy atom. The number of nitrogens with zero attached hydrogens (tertiary/aromatic N) is 2. The molecule has 8 rings (SSSR count). The average Bonchev–Trinajstić information content (AvgIpc) is 3.70. The highest BCUT2D eigenvalue weighted by molar-refractivity contribution is 5.85. The Bertz CT molecular complexity index is 2030. The van der Waals surface area contributed by atoms with E-state index in [0.717, 1.165) is 11.4 Å². The molecule has 0 saturated heterocycles. The maximum Gasteiger partial charge on any atom is 0.0528 e. The molecule has 0 atom stereocenters. The van der Waals surface area contributed by atoms with E-state index in [-0.39, 0.29) is 0 Å². The molecule has 0 unspecified atom stereocenters. The summed E-state index contributed by atoms with van der Waals surface area (Å²) in [7, 11) is 0. The Morgan fingerprint density at radius 1 is 0.286 bits per heavy atom. The lowest BCUT2D eigenvalue weighted by atomic mass is 9.93. The first kappa shape index (κ1) is 24.2. The Hall–Kier alpha value is -5.60. The Balaban J connectivity index is 1.19. The van der Waals surface area contributed by atoms with Gasteiger partial charge in [0.25, 0.3) is 0 Å². The third-order valence-electron chi connectivity index (χ3n) is 8.20. The van der Waals surface area contributed by atoms with E-state index in [4.69, 9.17) is 0 Å². The van der Waals surface area contributed by atoms with Gasteiger partial charge in [0.2, 0.25) is 0 Å². The van der Waals surface area contributed by atoms with Crippen LogP contribution in [0.4, 0.5) is 0 Å². The van der Waals surface area contributed by atoms with Crippen molar-refractivity contribution in [3.8, 4) is 44.8 Å². The predicted octanol–water partition coefficient (Wildman–Crippen LogP) is 10.6. The fourth-order valence-corrected chi connectivity index (χ4v) is 6.00. The molecule has 0 bridgehead atoms. The van der Waals surface area contributed by atoms with Gasteiger partial charge in [-0.3, -0.25) is 0 Å². The second kappa shape index (κ2) is 10.1. The highest BCUT2D eigenvalue weighted by Crippen LogP contribution is 2.34. The Labute approximate surface area is 245 Å². The lowest BCUT2D eigenvalue weighted by Gasteiger charge is -2.13. The molecule has 0 spiro atoms. The molecular weight excluding hydrogens is 508 g/mol. The summed E-state index contributed by atoms with van der Waals surface area (Å²) in [5.74, 6) is 0. The zero-order valence-electron chi connectivity index (χ0n) is 23.1. The van der Waals surface area contributed by atoms with Crippen molar-refractivity contribution in [2.75, 3.05) is 0 Å². The first-order valence-electron chi connectivity index (χ1n) is 14.3. The number of benzene rings is 6. The summed E-state index contributed by atoms with van der Waals surface area (Å²) in [6, 6.07) is 56.7. The van der Waals surface area contributed by atoms with Crippen molar-refractivity contribution in [1.82, 2.24) is 9.13 Å². The summed E-state index contributed by atoms with van der Waals surface area (Å²) in [6.07, 6.45) is 4.29. The van der Waals surface area contributed by atoms with Crippen molar-refractivity contribution in [3.63, 3.8) is 0 Å². The molecule has 2 heterocycles.